The molecule has 164 valence electrons. The maximum atomic E-state index is 14.4. The van der Waals surface area contributed by atoms with E-state index in [0.717, 1.165) is 10.9 Å². The zero-order valence-corrected chi connectivity index (χ0v) is 18.3. The van der Waals surface area contributed by atoms with Crippen LogP contribution in [0.25, 0.3) is 21.6 Å². The van der Waals surface area contributed by atoms with E-state index in [1.54, 1.807) is 32.2 Å². The molecule has 0 spiro atoms. The Hall–Kier alpha value is -3.59. The highest BCUT2D eigenvalue weighted by molar-refractivity contribution is 7.19. The third-order valence-electron chi connectivity index (χ3n) is 5.27. The van der Waals surface area contributed by atoms with E-state index in [9.17, 15) is 23.5 Å². The second kappa shape index (κ2) is 8.16. The van der Waals surface area contributed by atoms with Crippen LogP contribution in [0, 0.1) is 18.6 Å². The molecule has 2 aromatic heterocycles. The molecule has 0 saturated carbocycles. The lowest BCUT2D eigenvalue weighted by Gasteiger charge is -2.18. The molecule has 0 aliphatic rings. The summed E-state index contributed by atoms with van der Waals surface area (Å²) in [6, 6.07) is 9.10. The van der Waals surface area contributed by atoms with E-state index in [1.165, 1.54) is 34.1 Å². The highest BCUT2D eigenvalue weighted by Gasteiger charge is 2.23. The summed E-state index contributed by atoms with van der Waals surface area (Å²) in [6.45, 7) is 3.64. The summed E-state index contributed by atoms with van der Waals surface area (Å²) < 4.78 is 29.7. The minimum atomic E-state index is -1.26. The van der Waals surface area contributed by atoms with E-state index in [-0.39, 0.29) is 28.2 Å². The van der Waals surface area contributed by atoms with Crippen molar-refractivity contribution in [3.8, 4) is 11.4 Å². The first-order chi connectivity index (χ1) is 15.2. The van der Waals surface area contributed by atoms with Crippen molar-refractivity contribution >= 4 is 33.2 Å². The monoisotopic (exact) mass is 455 g/mol. The zero-order chi connectivity index (χ0) is 23.2. The Kier molecular flexibility index (Phi) is 5.52. The second-order valence-corrected chi connectivity index (χ2v) is 8.61. The molecule has 1 atom stereocenters. The molecule has 0 saturated heterocycles. The van der Waals surface area contributed by atoms with Gasteiger partial charge in [-0.1, -0.05) is 12.1 Å². The van der Waals surface area contributed by atoms with Gasteiger partial charge in [0.1, 0.15) is 22.2 Å². The molecule has 0 aliphatic carbocycles. The Morgan fingerprint density at radius 3 is 2.62 bits per heavy atom. The Morgan fingerprint density at radius 2 is 1.94 bits per heavy atom. The number of rotatable bonds is 5. The lowest BCUT2D eigenvalue weighted by Crippen LogP contribution is -2.20. The van der Waals surface area contributed by atoms with Gasteiger partial charge in [-0.15, -0.1) is 11.3 Å². The van der Waals surface area contributed by atoms with Crippen LogP contribution in [-0.4, -0.2) is 20.6 Å². The van der Waals surface area contributed by atoms with Crippen molar-refractivity contribution < 1.29 is 18.7 Å². The molecule has 4 rings (SSSR count). The largest absolute Gasteiger partial charge is 0.478 e. The highest BCUT2D eigenvalue weighted by Crippen LogP contribution is 2.35. The molecule has 0 bridgehead atoms. The van der Waals surface area contributed by atoms with E-state index >= 15 is 0 Å². The second-order valence-electron chi connectivity index (χ2n) is 7.39. The molecule has 6 nitrogen and oxygen atoms in total. The molecular weight excluding hydrogens is 436 g/mol. The van der Waals surface area contributed by atoms with Crippen molar-refractivity contribution in [2.75, 3.05) is 5.32 Å². The number of nitrogens with zero attached hydrogens (tertiary/aromatic N) is 2. The summed E-state index contributed by atoms with van der Waals surface area (Å²) >= 11 is 1.27. The number of halogens is 2. The molecule has 32 heavy (non-hydrogen) atoms. The van der Waals surface area contributed by atoms with Crippen LogP contribution >= 0.6 is 11.3 Å². The SMILES string of the molecule is Cc1sc2c(=O)n(C)c(-c3ccccc3F)nc2c1C(C)Nc1ccc(F)cc1C(=O)O. The van der Waals surface area contributed by atoms with E-state index in [0.29, 0.717) is 15.8 Å². The van der Waals surface area contributed by atoms with Crippen molar-refractivity contribution in [1.82, 2.24) is 9.55 Å². The van der Waals surface area contributed by atoms with Gasteiger partial charge in [0.05, 0.1) is 22.7 Å². The number of carbonyl (C=O) groups is 1. The number of fused-ring (bicyclic) bond motifs is 1. The fraction of sp³-hybridized carbons (Fsp3) is 0.174. The first-order valence-corrected chi connectivity index (χ1v) is 10.5. The number of hydrogen-bond acceptors (Lipinski definition) is 5. The van der Waals surface area contributed by atoms with Gasteiger partial charge in [-0.05, 0) is 44.2 Å². The molecule has 0 aliphatic heterocycles. The molecule has 4 aromatic rings. The average molecular weight is 455 g/mol. The molecule has 2 heterocycles. The minimum Gasteiger partial charge on any atom is -0.478 e. The first kappa shape index (κ1) is 21.6. The fourth-order valence-electron chi connectivity index (χ4n) is 3.75. The smallest absolute Gasteiger partial charge is 0.337 e. The van der Waals surface area contributed by atoms with E-state index in [4.69, 9.17) is 0 Å². The van der Waals surface area contributed by atoms with Gasteiger partial charge < -0.3 is 10.4 Å². The van der Waals surface area contributed by atoms with E-state index in [1.807, 2.05) is 6.92 Å². The van der Waals surface area contributed by atoms with Crippen LogP contribution in [0.2, 0.25) is 0 Å². The van der Waals surface area contributed by atoms with Gasteiger partial charge in [-0.2, -0.15) is 0 Å². The summed E-state index contributed by atoms with van der Waals surface area (Å²) in [5, 5.41) is 12.5. The number of carboxylic acid groups (broad SMARTS) is 1. The third-order valence-corrected chi connectivity index (χ3v) is 6.37. The Balaban J connectivity index is 1.87. The molecular formula is C23H19F2N3O3S. The summed E-state index contributed by atoms with van der Waals surface area (Å²) in [5.74, 6) is -2.22. The van der Waals surface area contributed by atoms with Gasteiger partial charge in [-0.3, -0.25) is 9.36 Å². The Labute approximate surface area is 185 Å². The molecule has 2 N–H and O–H groups in total. The van der Waals surface area contributed by atoms with Crippen molar-refractivity contribution in [3.05, 3.63) is 80.5 Å². The molecule has 0 radical (unpaired) electrons. The van der Waals surface area contributed by atoms with Crippen molar-refractivity contribution in [2.45, 2.75) is 19.9 Å². The van der Waals surface area contributed by atoms with Crippen LogP contribution in [0.15, 0.2) is 47.3 Å². The topological polar surface area (TPSA) is 84.2 Å². The summed E-state index contributed by atoms with van der Waals surface area (Å²) in [4.78, 5) is 30.0. The van der Waals surface area contributed by atoms with Crippen LogP contribution < -0.4 is 10.9 Å². The van der Waals surface area contributed by atoms with Crippen LogP contribution in [0.5, 0.6) is 0 Å². The number of nitrogens with one attached hydrogen (secondary N) is 1. The summed E-state index contributed by atoms with van der Waals surface area (Å²) in [5.41, 5.74) is 1.06. The Morgan fingerprint density at radius 1 is 1.22 bits per heavy atom. The zero-order valence-electron chi connectivity index (χ0n) is 17.4. The number of benzene rings is 2. The molecule has 0 amide bonds. The number of aryl methyl sites for hydroxylation is 1. The average Bonchev–Trinajstić information content (AvgIpc) is 3.08. The number of hydrogen-bond donors (Lipinski definition) is 2. The van der Waals surface area contributed by atoms with Crippen molar-refractivity contribution in [2.24, 2.45) is 7.05 Å². The quantitative estimate of drug-likeness (QED) is 0.436. The van der Waals surface area contributed by atoms with Gasteiger partial charge in [0.25, 0.3) is 5.56 Å². The summed E-state index contributed by atoms with van der Waals surface area (Å²) in [7, 11) is 1.55. The van der Waals surface area contributed by atoms with Crippen LogP contribution in [0.1, 0.15) is 33.8 Å². The van der Waals surface area contributed by atoms with Crippen molar-refractivity contribution in [3.63, 3.8) is 0 Å². The van der Waals surface area contributed by atoms with Gasteiger partial charge in [0, 0.05) is 23.2 Å². The normalized spacial score (nSPS) is 12.2. The summed E-state index contributed by atoms with van der Waals surface area (Å²) in [6.07, 6.45) is 0. The molecule has 2 aromatic carbocycles. The third kappa shape index (κ3) is 3.64. The standard InChI is InChI=1S/C23H19F2N3O3S/c1-11(26-17-9-8-13(24)10-15(17)23(30)31)18-12(2)32-20-19(18)27-21(28(3)22(20)29)14-6-4-5-7-16(14)25/h4-11,26H,1-3H3,(H,30,31). The lowest BCUT2D eigenvalue weighted by atomic mass is 10.1. The number of carboxylic acids is 1. The van der Waals surface area contributed by atoms with Crippen LogP contribution in [-0.2, 0) is 7.05 Å². The minimum absolute atomic E-state index is 0.194. The predicted molar refractivity (Wildman–Crippen MR) is 120 cm³/mol. The van der Waals surface area contributed by atoms with Gasteiger partial charge in [-0.25, -0.2) is 18.6 Å². The lowest BCUT2D eigenvalue weighted by molar-refractivity contribution is 0.0697. The van der Waals surface area contributed by atoms with Crippen LogP contribution in [0.4, 0.5) is 14.5 Å². The predicted octanol–water partition coefficient (Wildman–Crippen LogP) is 5.12. The van der Waals surface area contributed by atoms with Gasteiger partial charge in [0.2, 0.25) is 0 Å². The maximum Gasteiger partial charge on any atom is 0.337 e. The maximum absolute atomic E-state index is 14.4. The first-order valence-electron chi connectivity index (χ1n) is 9.73. The van der Waals surface area contributed by atoms with Crippen molar-refractivity contribution in [1.29, 1.82) is 0 Å². The number of aromatic carboxylic acids is 1. The number of anilines is 1. The molecule has 0 fully saturated rings. The van der Waals surface area contributed by atoms with Gasteiger partial charge >= 0.3 is 5.97 Å². The van der Waals surface area contributed by atoms with E-state index in [2.05, 4.69) is 10.3 Å². The molecule has 9 heteroatoms. The fourth-order valence-corrected chi connectivity index (χ4v) is 4.92. The highest BCUT2D eigenvalue weighted by atomic mass is 32.1. The van der Waals surface area contributed by atoms with Crippen LogP contribution in [0.3, 0.4) is 0 Å². The van der Waals surface area contributed by atoms with Gasteiger partial charge in [0.15, 0.2) is 0 Å². The number of aromatic nitrogens is 2. The number of thiophene rings is 1. The van der Waals surface area contributed by atoms with E-state index < -0.39 is 23.6 Å². The Bertz CT molecular complexity index is 1430. The molecule has 1 unspecified atom stereocenters.